The summed E-state index contributed by atoms with van der Waals surface area (Å²) < 4.78 is 49.8. The number of hydrogen-bond donors (Lipinski definition) is 3. The van der Waals surface area contributed by atoms with E-state index in [2.05, 4.69) is 15.3 Å². The number of aromatic nitrogens is 3. The van der Waals surface area contributed by atoms with Crippen LogP contribution in [-0.4, -0.2) is 57.5 Å². The third-order valence-corrected chi connectivity index (χ3v) is 8.72. The van der Waals surface area contributed by atoms with Crippen LogP contribution in [0.5, 0.6) is 5.88 Å². The van der Waals surface area contributed by atoms with Crippen LogP contribution in [0.4, 0.5) is 24.9 Å². The number of ether oxygens (including phenoxy) is 1. The van der Waals surface area contributed by atoms with Crippen LogP contribution >= 0.6 is 0 Å². The standard InChI is InChI=1S/C31H31F3N6O4/c1-39-23-8-6-20(14-21(23)7-9-26(39)41)18-2-4-19(5-3-18)27(31(32,33)34)44-25-15-24(37-29(35)38-25)40-12-10-30(11-13-40)16-22(28(42)43)36-17-30/h2-9,14-15,22,27,36H,10-13,16-17H2,1H3,(H,42,43)(H2,35,37,38)/t22-,27+/m0/s1. The van der Waals surface area contributed by atoms with Gasteiger partial charge in [-0.15, -0.1) is 0 Å². The van der Waals surface area contributed by atoms with Gasteiger partial charge in [0.05, 0.1) is 5.52 Å². The molecule has 4 N–H and O–H groups in total. The second kappa shape index (κ2) is 11.1. The zero-order valence-corrected chi connectivity index (χ0v) is 23.8. The summed E-state index contributed by atoms with van der Waals surface area (Å²) in [5.41, 5.74) is 7.75. The van der Waals surface area contributed by atoms with E-state index in [4.69, 9.17) is 10.5 Å². The maximum atomic E-state index is 14.3. The lowest BCUT2D eigenvalue weighted by Crippen LogP contribution is -2.41. The quantitative estimate of drug-likeness (QED) is 0.293. The zero-order chi connectivity index (χ0) is 31.2. The summed E-state index contributed by atoms with van der Waals surface area (Å²) in [4.78, 5) is 33.4. The highest BCUT2D eigenvalue weighted by Crippen LogP contribution is 2.41. The third kappa shape index (κ3) is 5.79. The summed E-state index contributed by atoms with van der Waals surface area (Å²) in [5, 5.41) is 13.2. The Kier molecular flexibility index (Phi) is 7.44. The van der Waals surface area contributed by atoms with Crippen molar-refractivity contribution in [2.24, 2.45) is 12.5 Å². The number of piperidine rings is 1. The van der Waals surface area contributed by atoms with Gasteiger partial charge in [-0.25, -0.2) is 0 Å². The Labute approximate surface area is 250 Å². The zero-order valence-electron chi connectivity index (χ0n) is 23.8. The van der Waals surface area contributed by atoms with Crippen LogP contribution in [0.1, 0.15) is 30.9 Å². The van der Waals surface area contributed by atoms with E-state index in [1.165, 1.54) is 28.8 Å². The molecule has 6 rings (SSSR count). The molecule has 0 bridgehead atoms. The molecule has 2 aromatic heterocycles. The molecule has 0 aliphatic carbocycles. The molecule has 4 aromatic rings. The van der Waals surface area contributed by atoms with Crippen LogP contribution in [0.15, 0.2) is 65.5 Å². The molecule has 2 aliphatic rings. The maximum absolute atomic E-state index is 14.3. The van der Waals surface area contributed by atoms with Gasteiger partial charge in [0.25, 0.3) is 5.56 Å². The first kappa shape index (κ1) is 29.4. The average Bonchev–Trinajstić information content (AvgIpc) is 3.41. The lowest BCUT2D eigenvalue weighted by Gasteiger charge is -2.39. The number of halogens is 3. The fourth-order valence-electron chi connectivity index (χ4n) is 6.19. The number of anilines is 2. The Hall–Kier alpha value is -4.65. The van der Waals surface area contributed by atoms with E-state index in [0.29, 0.717) is 50.3 Å². The number of benzene rings is 2. The molecule has 2 aliphatic heterocycles. The molecule has 13 heteroatoms. The van der Waals surface area contributed by atoms with E-state index in [0.717, 1.165) is 16.5 Å². The fourth-order valence-corrected chi connectivity index (χ4v) is 6.19. The van der Waals surface area contributed by atoms with Crippen LogP contribution in [0.3, 0.4) is 0 Å². The van der Waals surface area contributed by atoms with Gasteiger partial charge in [0.1, 0.15) is 11.9 Å². The van der Waals surface area contributed by atoms with Gasteiger partial charge in [-0.2, -0.15) is 23.1 Å². The molecule has 0 saturated carbocycles. The van der Waals surface area contributed by atoms with Gasteiger partial charge in [0.2, 0.25) is 17.9 Å². The normalized spacial score (nSPS) is 18.9. The van der Waals surface area contributed by atoms with Gasteiger partial charge in [-0.05, 0) is 59.4 Å². The number of carbonyl (C=O) groups is 1. The Morgan fingerprint density at radius 1 is 1.07 bits per heavy atom. The van der Waals surface area contributed by atoms with E-state index in [-0.39, 0.29) is 28.4 Å². The van der Waals surface area contributed by atoms with Crippen LogP contribution < -0.4 is 26.2 Å². The van der Waals surface area contributed by atoms with Crippen molar-refractivity contribution in [1.29, 1.82) is 0 Å². The lowest BCUT2D eigenvalue weighted by molar-refractivity contribution is -0.198. The van der Waals surface area contributed by atoms with Gasteiger partial charge in [-0.3, -0.25) is 9.59 Å². The molecule has 0 amide bonds. The first-order valence-corrected chi connectivity index (χ1v) is 14.2. The molecular weight excluding hydrogens is 577 g/mol. The molecule has 0 unspecified atom stereocenters. The lowest BCUT2D eigenvalue weighted by atomic mass is 9.76. The second-order valence-corrected chi connectivity index (χ2v) is 11.6. The van der Waals surface area contributed by atoms with E-state index in [1.807, 2.05) is 17.0 Å². The SMILES string of the molecule is Cn1c(=O)ccc2cc(-c3ccc([C@@H](Oc4cc(N5CCC6(CC5)CN[C@H](C(=O)O)C6)nc(N)n4)C(F)(F)F)cc3)ccc21. The Balaban J connectivity index is 1.20. The van der Waals surface area contributed by atoms with E-state index in [1.54, 1.807) is 31.3 Å². The maximum Gasteiger partial charge on any atom is 0.429 e. The minimum absolute atomic E-state index is 0.107. The molecule has 10 nitrogen and oxygen atoms in total. The van der Waals surface area contributed by atoms with Crippen LogP contribution in [0.25, 0.3) is 22.0 Å². The third-order valence-electron chi connectivity index (χ3n) is 8.72. The molecule has 2 fully saturated rings. The number of alkyl halides is 3. The number of nitrogens with zero attached hydrogens (tertiary/aromatic N) is 4. The van der Waals surface area contributed by atoms with Gasteiger partial charge in [0.15, 0.2) is 0 Å². The number of nitrogens with two attached hydrogens (primary N) is 1. The van der Waals surface area contributed by atoms with Crippen molar-refractivity contribution in [3.05, 3.63) is 76.6 Å². The molecule has 1 spiro atoms. The topological polar surface area (TPSA) is 136 Å². The van der Waals surface area contributed by atoms with E-state index in [9.17, 15) is 27.9 Å². The Bertz CT molecular complexity index is 1770. The van der Waals surface area contributed by atoms with Crippen molar-refractivity contribution < 1.29 is 27.8 Å². The molecule has 2 atom stereocenters. The van der Waals surface area contributed by atoms with Crippen molar-refractivity contribution >= 4 is 28.6 Å². The minimum Gasteiger partial charge on any atom is -0.480 e. The number of nitrogen functional groups attached to an aromatic ring is 1. The molecule has 2 aromatic carbocycles. The van der Waals surface area contributed by atoms with Crippen molar-refractivity contribution in [2.75, 3.05) is 30.3 Å². The molecule has 0 radical (unpaired) electrons. The van der Waals surface area contributed by atoms with E-state index >= 15 is 0 Å². The molecule has 4 heterocycles. The summed E-state index contributed by atoms with van der Waals surface area (Å²) >= 11 is 0. The van der Waals surface area contributed by atoms with Crippen molar-refractivity contribution in [2.45, 2.75) is 37.6 Å². The van der Waals surface area contributed by atoms with Crippen LogP contribution in [0, 0.1) is 5.41 Å². The number of aliphatic carboxylic acids is 1. The minimum atomic E-state index is -4.75. The number of hydrogen-bond acceptors (Lipinski definition) is 8. The summed E-state index contributed by atoms with van der Waals surface area (Å²) in [6.45, 7) is 1.68. The Morgan fingerprint density at radius 2 is 1.77 bits per heavy atom. The average molecular weight is 609 g/mol. The van der Waals surface area contributed by atoms with Gasteiger partial charge < -0.3 is 30.4 Å². The summed E-state index contributed by atoms with van der Waals surface area (Å²) in [5.74, 6) is -1.02. The van der Waals surface area contributed by atoms with Crippen molar-refractivity contribution in [1.82, 2.24) is 19.9 Å². The predicted octanol–water partition coefficient (Wildman–Crippen LogP) is 4.29. The highest BCUT2D eigenvalue weighted by Gasteiger charge is 2.45. The smallest absolute Gasteiger partial charge is 0.429 e. The molecule has 230 valence electrons. The summed E-state index contributed by atoms with van der Waals surface area (Å²) in [6, 6.07) is 15.4. The molecular formula is C31H31F3N6O4. The largest absolute Gasteiger partial charge is 0.480 e. The first-order chi connectivity index (χ1) is 20.9. The predicted molar refractivity (Wildman–Crippen MR) is 158 cm³/mol. The first-order valence-electron chi connectivity index (χ1n) is 14.2. The highest BCUT2D eigenvalue weighted by atomic mass is 19.4. The van der Waals surface area contributed by atoms with Gasteiger partial charge in [-0.1, -0.05) is 30.3 Å². The number of pyridine rings is 1. The number of fused-ring (bicyclic) bond motifs is 1. The monoisotopic (exact) mass is 608 g/mol. The van der Waals surface area contributed by atoms with E-state index < -0.39 is 24.3 Å². The number of aryl methyl sites for hydroxylation is 1. The second-order valence-electron chi connectivity index (χ2n) is 11.6. The summed E-state index contributed by atoms with van der Waals surface area (Å²) in [7, 11) is 1.68. The van der Waals surface area contributed by atoms with Crippen molar-refractivity contribution in [3.8, 4) is 17.0 Å². The number of carboxylic acid groups (broad SMARTS) is 1. The fraction of sp³-hybridized carbons (Fsp3) is 0.355. The Morgan fingerprint density at radius 3 is 2.43 bits per heavy atom. The highest BCUT2D eigenvalue weighted by molar-refractivity contribution is 5.84. The van der Waals surface area contributed by atoms with Crippen LogP contribution in [-0.2, 0) is 11.8 Å². The van der Waals surface area contributed by atoms with Gasteiger partial charge >= 0.3 is 12.1 Å². The number of nitrogens with one attached hydrogen (secondary N) is 1. The molecule has 2 saturated heterocycles. The van der Waals surface area contributed by atoms with Crippen molar-refractivity contribution in [3.63, 3.8) is 0 Å². The van der Waals surface area contributed by atoms with Gasteiger partial charge in [0, 0.05) is 44.4 Å². The summed E-state index contributed by atoms with van der Waals surface area (Å²) in [6.07, 6.45) is -5.10. The molecule has 44 heavy (non-hydrogen) atoms. The number of carboxylic acids is 1. The van der Waals surface area contributed by atoms with Crippen LogP contribution in [0.2, 0.25) is 0 Å². The number of rotatable bonds is 6.